The molecule has 0 atom stereocenters. The van der Waals surface area contributed by atoms with E-state index in [4.69, 9.17) is 16.1 Å². The Morgan fingerprint density at radius 3 is 2.65 bits per heavy atom. The molecule has 0 aliphatic carbocycles. The van der Waals surface area contributed by atoms with Crippen molar-refractivity contribution < 1.29 is 4.52 Å². The van der Waals surface area contributed by atoms with Gasteiger partial charge in [0.2, 0.25) is 5.13 Å². The van der Waals surface area contributed by atoms with Crippen molar-refractivity contribution in [3.05, 3.63) is 76.6 Å². The number of aromatic nitrogens is 2. The predicted molar refractivity (Wildman–Crippen MR) is 106 cm³/mol. The van der Waals surface area contributed by atoms with Gasteiger partial charge in [-0.15, -0.1) is 11.3 Å². The van der Waals surface area contributed by atoms with E-state index in [1.54, 1.807) is 6.21 Å². The van der Waals surface area contributed by atoms with Gasteiger partial charge in [-0.2, -0.15) is 5.10 Å². The van der Waals surface area contributed by atoms with E-state index < -0.39 is 0 Å². The van der Waals surface area contributed by atoms with Gasteiger partial charge >= 0.3 is 0 Å². The number of benzene rings is 2. The van der Waals surface area contributed by atoms with Crippen molar-refractivity contribution in [1.82, 2.24) is 10.1 Å². The standard InChI is InChI=1S/C19H13ClN4OS/c20-15-8-6-13(7-9-15)11-21-23-19-22-17(12-26-19)18-10-16(24-25-18)14-4-2-1-3-5-14/h1-12H,(H,22,23)/b21-11-. The van der Waals surface area contributed by atoms with Crippen molar-refractivity contribution >= 4 is 34.3 Å². The van der Waals surface area contributed by atoms with Gasteiger partial charge in [-0.25, -0.2) is 4.98 Å². The summed E-state index contributed by atoms with van der Waals surface area (Å²) in [5.41, 5.74) is 6.37. The Morgan fingerprint density at radius 2 is 1.85 bits per heavy atom. The highest BCUT2D eigenvalue weighted by molar-refractivity contribution is 7.14. The Kier molecular flexibility index (Phi) is 4.77. The first kappa shape index (κ1) is 16.5. The molecule has 0 bridgehead atoms. The van der Waals surface area contributed by atoms with Crippen LogP contribution in [0.3, 0.4) is 0 Å². The van der Waals surface area contributed by atoms with Gasteiger partial charge in [0.15, 0.2) is 5.76 Å². The first-order valence-electron chi connectivity index (χ1n) is 7.80. The maximum atomic E-state index is 5.86. The molecule has 4 rings (SSSR count). The van der Waals surface area contributed by atoms with Crippen LogP contribution in [0.5, 0.6) is 0 Å². The molecule has 2 heterocycles. The Bertz CT molecular complexity index is 1030. The van der Waals surface area contributed by atoms with E-state index in [0.717, 1.165) is 16.8 Å². The lowest BCUT2D eigenvalue weighted by Gasteiger charge is -1.94. The molecule has 0 saturated carbocycles. The molecule has 5 nitrogen and oxygen atoms in total. The topological polar surface area (TPSA) is 63.3 Å². The van der Waals surface area contributed by atoms with Gasteiger partial charge in [0, 0.05) is 22.0 Å². The van der Waals surface area contributed by atoms with Crippen LogP contribution in [0, 0.1) is 0 Å². The summed E-state index contributed by atoms with van der Waals surface area (Å²) in [4.78, 5) is 4.47. The van der Waals surface area contributed by atoms with Crippen molar-refractivity contribution in [3.63, 3.8) is 0 Å². The number of hydrogen-bond acceptors (Lipinski definition) is 6. The Morgan fingerprint density at radius 1 is 1.04 bits per heavy atom. The number of nitrogens with zero attached hydrogens (tertiary/aromatic N) is 3. The van der Waals surface area contributed by atoms with Crippen molar-refractivity contribution in [2.24, 2.45) is 5.10 Å². The summed E-state index contributed by atoms with van der Waals surface area (Å²) in [6, 6.07) is 19.2. The van der Waals surface area contributed by atoms with Gasteiger partial charge in [0.1, 0.15) is 11.4 Å². The van der Waals surface area contributed by atoms with Crippen LogP contribution in [-0.2, 0) is 0 Å². The normalized spacial score (nSPS) is 11.1. The highest BCUT2D eigenvalue weighted by atomic mass is 35.5. The van der Waals surface area contributed by atoms with Crippen LogP contribution in [0.4, 0.5) is 5.13 Å². The third-order valence-corrected chi connectivity index (χ3v) is 4.58. The fraction of sp³-hybridized carbons (Fsp3) is 0. The molecule has 0 aliphatic rings. The van der Waals surface area contributed by atoms with Crippen molar-refractivity contribution in [2.75, 3.05) is 5.43 Å². The number of rotatable bonds is 5. The molecule has 0 aliphatic heterocycles. The highest BCUT2D eigenvalue weighted by Crippen LogP contribution is 2.28. The molecule has 128 valence electrons. The van der Waals surface area contributed by atoms with E-state index in [1.165, 1.54) is 11.3 Å². The van der Waals surface area contributed by atoms with Crippen LogP contribution in [0.2, 0.25) is 5.02 Å². The fourth-order valence-electron chi connectivity index (χ4n) is 2.29. The minimum absolute atomic E-state index is 0.620. The predicted octanol–water partition coefficient (Wildman–Crippen LogP) is 5.56. The fourth-order valence-corrected chi connectivity index (χ4v) is 3.06. The molecule has 1 N–H and O–H groups in total. The number of hydrazone groups is 1. The lowest BCUT2D eigenvalue weighted by atomic mass is 10.1. The van der Waals surface area contributed by atoms with Crippen LogP contribution in [-0.4, -0.2) is 16.4 Å². The largest absolute Gasteiger partial charge is 0.354 e. The monoisotopic (exact) mass is 380 g/mol. The van der Waals surface area contributed by atoms with Gasteiger partial charge < -0.3 is 4.52 Å². The lowest BCUT2D eigenvalue weighted by molar-refractivity contribution is 0.434. The zero-order valence-electron chi connectivity index (χ0n) is 13.5. The van der Waals surface area contributed by atoms with E-state index >= 15 is 0 Å². The molecule has 0 spiro atoms. The molecular formula is C19H13ClN4OS. The minimum atomic E-state index is 0.620. The quantitative estimate of drug-likeness (QED) is 0.363. The molecule has 2 aromatic heterocycles. The smallest absolute Gasteiger partial charge is 0.203 e. The molecule has 4 aromatic rings. The molecule has 2 aromatic carbocycles. The first-order valence-corrected chi connectivity index (χ1v) is 9.06. The zero-order chi connectivity index (χ0) is 17.8. The summed E-state index contributed by atoms with van der Waals surface area (Å²) in [6.07, 6.45) is 1.71. The van der Waals surface area contributed by atoms with Gasteiger partial charge in [0.25, 0.3) is 0 Å². The molecular weight excluding hydrogens is 368 g/mol. The lowest BCUT2D eigenvalue weighted by Crippen LogP contribution is -1.89. The molecule has 0 unspecified atom stereocenters. The second-order valence-electron chi connectivity index (χ2n) is 5.40. The van der Waals surface area contributed by atoms with Crippen molar-refractivity contribution in [3.8, 4) is 22.7 Å². The highest BCUT2D eigenvalue weighted by Gasteiger charge is 2.11. The molecule has 0 radical (unpaired) electrons. The number of thiazole rings is 1. The summed E-state index contributed by atoms with van der Waals surface area (Å²) >= 11 is 7.30. The van der Waals surface area contributed by atoms with Crippen LogP contribution in [0.1, 0.15) is 5.56 Å². The molecule has 26 heavy (non-hydrogen) atoms. The number of hydrogen-bond donors (Lipinski definition) is 1. The third kappa shape index (κ3) is 3.82. The first-order chi connectivity index (χ1) is 12.8. The van der Waals surface area contributed by atoms with Crippen molar-refractivity contribution in [2.45, 2.75) is 0 Å². The maximum absolute atomic E-state index is 5.86. The summed E-state index contributed by atoms with van der Waals surface area (Å²) in [5.74, 6) is 0.620. The summed E-state index contributed by atoms with van der Waals surface area (Å²) < 4.78 is 5.42. The SMILES string of the molecule is Clc1ccc(/C=N\Nc2nc(-c3cc(-c4ccccc4)no3)cs2)cc1. The molecule has 0 fully saturated rings. The van der Waals surface area contributed by atoms with E-state index in [-0.39, 0.29) is 0 Å². The second-order valence-corrected chi connectivity index (χ2v) is 6.70. The number of anilines is 1. The molecule has 0 amide bonds. The van der Waals surface area contributed by atoms with Crippen LogP contribution in [0.25, 0.3) is 22.7 Å². The average Bonchev–Trinajstić information content (AvgIpc) is 3.33. The summed E-state index contributed by atoms with van der Waals surface area (Å²) in [7, 11) is 0. The Balaban J connectivity index is 1.45. The number of halogens is 1. The van der Waals surface area contributed by atoms with E-state index in [1.807, 2.05) is 66.0 Å². The summed E-state index contributed by atoms with van der Waals surface area (Å²) in [5, 5.41) is 11.6. The van der Waals surface area contributed by atoms with Gasteiger partial charge in [0.05, 0.1) is 6.21 Å². The Labute approximate surface area is 159 Å². The minimum Gasteiger partial charge on any atom is -0.354 e. The molecule has 7 heteroatoms. The average molecular weight is 381 g/mol. The van der Waals surface area contributed by atoms with E-state index in [2.05, 4.69) is 20.7 Å². The summed E-state index contributed by atoms with van der Waals surface area (Å²) in [6.45, 7) is 0. The van der Waals surface area contributed by atoms with Crippen LogP contribution < -0.4 is 5.43 Å². The van der Waals surface area contributed by atoms with E-state index in [9.17, 15) is 0 Å². The van der Waals surface area contributed by atoms with Crippen molar-refractivity contribution in [1.29, 1.82) is 0 Å². The van der Waals surface area contributed by atoms with Gasteiger partial charge in [-0.05, 0) is 17.7 Å². The van der Waals surface area contributed by atoms with Gasteiger partial charge in [-0.3, -0.25) is 5.43 Å². The Hall–Kier alpha value is -2.96. The second kappa shape index (κ2) is 7.51. The molecule has 0 saturated heterocycles. The third-order valence-electron chi connectivity index (χ3n) is 3.58. The number of nitrogens with one attached hydrogen (secondary N) is 1. The zero-order valence-corrected chi connectivity index (χ0v) is 15.0. The van der Waals surface area contributed by atoms with E-state index in [0.29, 0.717) is 21.6 Å². The van der Waals surface area contributed by atoms with Crippen LogP contribution >= 0.6 is 22.9 Å². The van der Waals surface area contributed by atoms with Crippen LogP contribution in [0.15, 0.2) is 75.7 Å². The van der Waals surface area contributed by atoms with Gasteiger partial charge in [-0.1, -0.05) is 59.2 Å². The maximum Gasteiger partial charge on any atom is 0.203 e.